The first-order valence-corrected chi connectivity index (χ1v) is 12.8. The van der Waals surface area contributed by atoms with Crippen molar-refractivity contribution in [2.75, 3.05) is 11.9 Å². The number of rotatable bonds is 7. The van der Waals surface area contributed by atoms with Crippen LogP contribution in [0.3, 0.4) is 0 Å². The number of aromatic nitrogens is 2. The normalized spacial score (nSPS) is 11.6. The third-order valence-electron chi connectivity index (χ3n) is 5.45. The summed E-state index contributed by atoms with van der Waals surface area (Å²) in [6, 6.07) is 16.5. The molecule has 0 saturated carbocycles. The molecule has 0 aliphatic rings. The quantitative estimate of drug-likeness (QED) is 0.157. The molecule has 1 heterocycles. The first kappa shape index (κ1) is 27.9. The van der Waals surface area contributed by atoms with E-state index < -0.39 is 34.1 Å². The number of nitro groups is 1. The van der Waals surface area contributed by atoms with E-state index in [9.17, 15) is 19.7 Å². The fourth-order valence-electron chi connectivity index (χ4n) is 3.67. The number of para-hydroxylation sites is 1. The van der Waals surface area contributed by atoms with E-state index in [1.54, 1.807) is 48.5 Å². The van der Waals surface area contributed by atoms with Gasteiger partial charge in [0.2, 0.25) is 5.75 Å². The van der Waals surface area contributed by atoms with E-state index in [1.807, 2.05) is 20.8 Å². The lowest BCUT2D eigenvalue weighted by Crippen LogP contribution is -2.29. The van der Waals surface area contributed by atoms with Crippen LogP contribution in [-0.4, -0.2) is 33.3 Å². The fraction of sp³-hybridized carbons (Fsp3) is 0.185. The second-order valence-electron chi connectivity index (χ2n) is 9.52. The van der Waals surface area contributed by atoms with Gasteiger partial charge in [-0.3, -0.25) is 19.7 Å². The number of nitrogens with one attached hydrogen (secondary N) is 1. The van der Waals surface area contributed by atoms with Crippen LogP contribution in [-0.2, 0) is 10.2 Å². The van der Waals surface area contributed by atoms with E-state index in [4.69, 9.17) is 16.3 Å². The zero-order valence-corrected chi connectivity index (χ0v) is 23.5. The predicted molar refractivity (Wildman–Crippen MR) is 154 cm³/mol. The number of hydrogen-bond acceptors (Lipinski definition) is 7. The van der Waals surface area contributed by atoms with Crippen molar-refractivity contribution in [1.82, 2.24) is 9.66 Å². The van der Waals surface area contributed by atoms with E-state index in [0.29, 0.717) is 26.9 Å². The van der Waals surface area contributed by atoms with Crippen molar-refractivity contribution in [3.05, 3.63) is 102 Å². The third-order valence-corrected chi connectivity index (χ3v) is 6.22. The van der Waals surface area contributed by atoms with Crippen molar-refractivity contribution in [2.24, 2.45) is 5.10 Å². The predicted octanol–water partition coefficient (Wildman–Crippen LogP) is 5.92. The van der Waals surface area contributed by atoms with Gasteiger partial charge >= 0.3 is 5.69 Å². The van der Waals surface area contributed by atoms with Crippen LogP contribution in [0.1, 0.15) is 32.2 Å². The largest absolute Gasteiger partial charge is 0.476 e. The lowest BCUT2D eigenvalue weighted by Gasteiger charge is -2.20. The summed E-state index contributed by atoms with van der Waals surface area (Å²) in [4.78, 5) is 41.4. The van der Waals surface area contributed by atoms with Crippen molar-refractivity contribution in [2.45, 2.75) is 26.2 Å². The van der Waals surface area contributed by atoms with Crippen LogP contribution in [0.4, 0.5) is 11.4 Å². The van der Waals surface area contributed by atoms with Crippen molar-refractivity contribution >= 4 is 61.9 Å². The van der Waals surface area contributed by atoms with E-state index in [0.717, 1.165) is 0 Å². The first-order chi connectivity index (χ1) is 18.4. The van der Waals surface area contributed by atoms with Gasteiger partial charge in [-0.2, -0.15) is 9.78 Å². The molecule has 0 aliphatic heterocycles. The Balaban J connectivity index is 1.67. The Hall–Kier alpha value is -4.09. The number of hydrogen-bond donors (Lipinski definition) is 1. The molecule has 0 atom stereocenters. The van der Waals surface area contributed by atoms with Gasteiger partial charge in [0.25, 0.3) is 11.5 Å². The SMILES string of the molecule is CC(C)(C)c1nc2ccc(Br)cc2c(=O)n1N=Cc1cc(Cl)c(OCC(=O)Nc2ccccc2)c([N+](=O)[O-])c1. The monoisotopic (exact) mass is 611 g/mol. The lowest BCUT2D eigenvalue weighted by molar-refractivity contribution is -0.385. The van der Waals surface area contributed by atoms with Gasteiger partial charge in [0.1, 0.15) is 5.82 Å². The molecule has 0 saturated heterocycles. The number of nitrogens with zero attached hydrogens (tertiary/aromatic N) is 4. The topological polar surface area (TPSA) is 129 Å². The van der Waals surface area contributed by atoms with E-state index in [-0.39, 0.29) is 16.3 Å². The highest BCUT2D eigenvalue weighted by molar-refractivity contribution is 9.10. The maximum absolute atomic E-state index is 13.3. The number of benzene rings is 3. The summed E-state index contributed by atoms with van der Waals surface area (Å²) in [6.45, 7) is 5.19. The number of amides is 1. The number of anilines is 1. The molecule has 200 valence electrons. The molecule has 3 aromatic carbocycles. The molecular weight excluding hydrogens is 590 g/mol. The summed E-state index contributed by atoms with van der Waals surface area (Å²) in [5.74, 6) is -0.364. The van der Waals surface area contributed by atoms with Crippen LogP contribution in [0.25, 0.3) is 10.9 Å². The van der Waals surface area contributed by atoms with Gasteiger partial charge < -0.3 is 10.1 Å². The molecule has 4 aromatic rings. The first-order valence-electron chi connectivity index (χ1n) is 11.7. The molecule has 39 heavy (non-hydrogen) atoms. The molecule has 12 heteroatoms. The van der Waals surface area contributed by atoms with Crippen LogP contribution in [0.15, 0.2) is 75.0 Å². The summed E-state index contributed by atoms with van der Waals surface area (Å²) >= 11 is 9.70. The molecule has 1 amide bonds. The Bertz CT molecular complexity index is 1670. The van der Waals surface area contributed by atoms with Gasteiger partial charge in [-0.05, 0) is 36.4 Å². The van der Waals surface area contributed by atoms with Crippen molar-refractivity contribution in [3.8, 4) is 5.75 Å². The number of halogens is 2. The van der Waals surface area contributed by atoms with E-state index in [2.05, 4.69) is 31.3 Å². The van der Waals surface area contributed by atoms with E-state index in [1.165, 1.54) is 23.0 Å². The second-order valence-corrected chi connectivity index (χ2v) is 10.8. The van der Waals surface area contributed by atoms with Crippen molar-refractivity contribution in [3.63, 3.8) is 0 Å². The number of carbonyl (C=O) groups is 1. The molecular formula is C27H23BrClN5O5. The molecule has 10 nitrogen and oxygen atoms in total. The van der Waals surface area contributed by atoms with Gasteiger partial charge in [0, 0.05) is 27.2 Å². The minimum Gasteiger partial charge on any atom is -0.476 e. The Kier molecular flexibility index (Phi) is 8.12. The van der Waals surface area contributed by atoms with Gasteiger partial charge in [0.05, 0.1) is 27.1 Å². The zero-order valence-electron chi connectivity index (χ0n) is 21.1. The summed E-state index contributed by atoms with van der Waals surface area (Å²) < 4.78 is 7.31. The van der Waals surface area contributed by atoms with Crippen LogP contribution < -0.4 is 15.6 Å². The van der Waals surface area contributed by atoms with Crippen LogP contribution in [0.2, 0.25) is 5.02 Å². The average Bonchev–Trinajstić information content (AvgIpc) is 2.87. The number of carbonyl (C=O) groups excluding carboxylic acids is 1. The molecule has 0 radical (unpaired) electrons. The Morgan fingerprint density at radius 1 is 1.21 bits per heavy atom. The molecule has 0 bridgehead atoms. The van der Waals surface area contributed by atoms with Crippen LogP contribution in [0, 0.1) is 10.1 Å². The highest BCUT2D eigenvalue weighted by Gasteiger charge is 2.24. The van der Waals surface area contributed by atoms with E-state index >= 15 is 0 Å². The Morgan fingerprint density at radius 2 is 1.92 bits per heavy atom. The summed E-state index contributed by atoms with van der Waals surface area (Å²) in [6.07, 6.45) is 1.28. The minimum absolute atomic E-state index is 0.0953. The Morgan fingerprint density at radius 3 is 2.59 bits per heavy atom. The zero-order chi connectivity index (χ0) is 28.3. The van der Waals surface area contributed by atoms with Gasteiger partial charge in [-0.25, -0.2) is 4.98 Å². The standard InChI is InChI=1S/C27H23BrClN5O5/c1-27(2,3)26-32-21-10-9-17(28)13-19(21)25(36)33(26)30-14-16-11-20(29)24(22(12-16)34(37)38)39-15-23(35)31-18-7-5-4-6-8-18/h4-14H,15H2,1-3H3,(H,31,35). The third kappa shape index (κ3) is 6.50. The average molecular weight is 613 g/mol. The van der Waals surface area contributed by atoms with Gasteiger partial charge in [-0.1, -0.05) is 66.5 Å². The molecule has 1 aromatic heterocycles. The molecule has 0 unspecified atom stereocenters. The van der Waals surface area contributed by atoms with Gasteiger partial charge in [0.15, 0.2) is 6.61 Å². The summed E-state index contributed by atoms with van der Waals surface area (Å²) in [7, 11) is 0. The molecule has 0 aliphatic carbocycles. The van der Waals surface area contributed by atoms with Crippen molar-refractivity contribution in [1.29, 1.82) is 0 Å². The van der Waals surface area contributed by atoms with Gasteiger partial charge in [-0.15, -0.1) is 0 Å². The number of fused-ring (bicyclic) bond motifs is 1. The molecule has 0 spiro atoms. The maximum Gasteiger partial charge on any atom is 0.313 e. The summed E-state index contributed by atoms with van der Waals surface area (Å²) in [5, 5.41) is 19.0. The number of ether oxygens (including phenoxy) is 1. The van der Waals surface area contributed by atoms with Crippen LogP contribution >= 0.6 is 27.5 Å². The fourth-order valence-corrected chi connectivity index (χ4v) is 4.31. The summed E-state index contributed by atoms with van der Waals surface area (Å²) in [5.41, 5.74) is -0.0733. The maximum atomic E-state index is 13.3. The second kappa shape index (κ2) is 11.3. The van der Waals surface area contributed by atoms with Crippen LogP contribution in [0.5, 0.6) is 5.75 Å². The minimum atomic E-state index is -0.671. The van der Waals surface area contributed by atoms with Crippen molar-refractivity contribution < 1.29 is 14.5 Å². The highest BCUT2D eigenvalue weighted by Crippen LogP contribution is 2.36. The Labute approximate surface area is 236 Å². The molecule has 4 rings (SSSR count). The lowest BCUT2D eigenvalue weighted by atomic mass is 9.95. The number of nitro benzene ring substituents is 1. The smallest absolute Gasteiger partial charge is 0.313 e. The highest BCUT2D eigenvalue weighted by atomic mass is 79.9. The molecule has 1 N–H and O–H groups in total. The molecule has 0 fully saturated rings.